The minimum absolute atomic E-state index is 0.0990. The molecule has 2 aromatic rings. The van der Waals surface area contributed by atoms with Gasteiger partial charge >= 0.3 is 0 Å². The third kappa shape index (κ3) is 2.54. The SMILES string of the molecule is CC(Cl)c1nc2cccnc2n1CC1CCCCN1C. The zero-order chi connectivity index (χ0) is 14.1. The summed E-state index contributed by atoms with van der Waals surface area (Å²) in [7, 11) is 2.21. The van der Waals surface area contributed by atoms with Gasteiger partial charge in [-0.2, -0.15) is 0 Å². The molecule has 0 N–H and O–H groups in total. The maximum Gasteiger partial charge on any atom is 0.160 e. The van der Waals surface area contributed by atoms with Gasteiger partial charge in [0.15, 0.2) is 5.65 Å². The van der Waals surface area contributed by atoms with E-state index in [1.54, 1.807) is 0 Å². The molecule has 0 spiro atoms. The van der Waals surface area contributed by atoms with E-state index in [0.717, 1.165) is 23.5 Å². The van der Waals surface area contributed by atoms with Crippen molar-refractivity contribution in [3.05, 3.63) is 24.2 Å². The molecule has 108 valence electrons. The summed E-state index contributed by atoms with van der Waals surface area (Å²) in [5.74, 6) is 0.930. The van der Waals surface area contributed by atoms with E-state index in [0.29, 0.717) is 6.04 Å². The van der Waals surface area contributed by atoms with Crippen LogP contribution in [-0.4, -0.2) is 39.1 Å². The van der Waals surface area contributed by atoms with Crippen LogP contribution < -0.4 is 0 Å². The summed E-state index contributed by atoms with van der Waals surface area (Å²) in [6.45, 7) is 4.08. The average Bonchev–Trinajstić information content (AvgIpc) is 2.81. The second-order valence-electron chi connectivity index (χ2n) is 5.67. The molecule has 1 aliphatic heterocycles. The highest BCUT2D eigenvalue weighted by Gasteiger charge is 2.23. The molecule has 2 unspecified atom stereocenters. The Morgan fingerprint density at radius 1 is 1.45 bits per heavy atom. The summed E-state index contributed by atoms with van der Waals surface area (Å²) < 4.78 is 2.21. The van der Waals surface area contributed by atoms with Crippen LogP contribution in [0.5, 0.6) is 0 Å². The molecule has 20 heavy (non-hydrogen) atoms. The summed E-state index contributed by atoms with van der Waals surface area (Å²) in [4.78, 5) is 11.6. The van der Waals surface area contributed by atoms with Crippen LogP contribution in [0.1, 0.15) is 37.4 Å². The Balaban J connectivity index is 1.98. The van der Waals surface area contributed by atoms with Crippen molar-refractivity contribution in [2.24, 2.45) is 0 Å². The van der Waals surface area contributed by atoms with Crippen molar-refractivity contribution >= 4 is 22.8 Å². The Morgan fingerprint density at radius 2 is 2.30 bits per heavy atom. The Kier molecular flexibility index (Phi) is 3.94. The maximum absolute atomic E-state index is 6.31. The van der Waals surface area contributed by atoms with Crippen LogP contribution in [0.2, 0.25) is 0 Å². The van der Waals surface area contributed by atoms with Gasteiger partial charge in [0.05, 0.1) is 5.38 Å². The van der Waals surface area contributed by atoms with E-state index in [1.807, 2.05) is 25.3 Å². The van der Waals surface area contributed by atoms with E-state index in [2.05, 4.69) is 26.5 Å². The van der Waals surface area contributed by atoms with E-state index >= 15 is 0 Å². The quantitative estimate of drug-likeness (QED) is 0.815. The highest BCUT2D eigenvalue weighted by atomic mass is 35.5. The average molecular weight is 293 g/mol. The Morgan fingerprint density at radius 3 is 3.05 bits per heavy atom. The van der Waals surface area contributed by atoms with Gasteiger partial charge < -0.3 is 9.47 Å². The van der Waals surface area contributed by atoms with Crippen LogP contribution in [0.3, 0.4) is 0 Å². The fraction of sp³-hybridized carbons (Fsp3) is 0.600. The summed E-state index contributed by atoms with van der Waals surface area (Å²) in [5.41, 5.74) is 1.89. The normalized spacial score (nSPS) is 22.2. The van der Waals surface area contributed by atoms with Crippen molar-refractivity contribution in [1.82, 2.24) is 19.4 Å². The Bertz CT molecular complexity index is 593. The van der Waals surface area contributed by atoms with Gasteiger partial charge in [0.2, 0.25) is 0 Å². The number of likely N-dealkylation sites (tertiary alicyclic amines) is 1. The minimum Gasteiger partial charge on any atom is -0.310 e. The molecule has 3 rings (SSSR count). The van der Waals surface area contributed by atoms with Gasteiger partial charge in [-0.25, -0.2) is 9.97 Å². The van der Waals surface area contributed by atoms with Gasteiger partial charge in [-0.1, -0.05) is 6.42 Å². The molecule has 0 radical (unpaired) electrons. The molecule has 5 heteroatoms. The second-order valence-corrected chi connectivity index (χ2v) is 6.33. The summed E-state index contributed by atoms with van der Waals surface area (Å²) in [5, 5.41) is -0.0990. The lowest BCUT2D eigenvalue weighted by atomic mass is 10.0. The van der Waals surface area contributed by atoms with Crippen LogP contribution in [0.4, 0.5) is 0 Å². The number of piperidine rings is 1. The van der Waals surface area contributed by atoms with E-state index in [1.165, 1.54) is 25.8 Å². The fourth-order valence-corrected chi connectivity index (χ4v) is 3.21. The smallest absolute Gasteiger partial charge is 0.160 e. The molecule has 1 fully saturated rings. The van der Waals surface area contributed by atoms with Gasteiger partial charge in [0, 0.05) is 18.8 Å². The molecule has 2 aromatic heterocycles. The van der Waals surface area contributed by atoms with Crippen LogP contribution in [-0.2, 0) is 6.54 Å². The number of aromatic nitrogens is 3. The number of fused-ring (bicyclic) bond motifs is 1. The first-order valence-electron chi connectivity index (χ1n) is 7.32. The Labute approximate surface area is 124 Å². The van der Waals surface area contributed by atoms with E-state index in [-0.39, 0.29) is 5.38 Å². The van der Waals surface area contributed by atoms with E-state index in [4.69, 9.17) is 11.6 Å². The number of alkyl halides is 1. The van der Waals surface area contributed by atoms with Crippen molar-refractivity contribution in [3.63, 3.8) is 0 Å². The third-order valence-corrected chi connectivity index (χ3v) is 4.40. The summed E-state index contributed by atoms with van der Waals surface area (Å²) in [6, 6.07) is 4.48. The van der Waals surface area contributed by atoms with Crippen molar-refractivity contribution in [3.8, 4) is 0 Å². The molecular formula is C15H21ClN4. The summed E-state index contributed by atoms with van der Waals surface area (Å²) in [6.07, 6.45) is 5.67. The minimum atomic E-state index is -0.0990. The molecule has 0 bridgehead atoms. The second kappa shape index (κ2) is 5.70. The van der Waals surface area contributed by atoms with Gasteiger partial charge in [0.1, 0.15) is 11.3 Å². The number of hydrogen-bond acceptors (Lipinski definition) is 3. The first-order chi connectivity index (χ1) is 9.66. The highest BCUT2D eigenvalue weighted by Crippen LogP contribution is 2.25. The van der Waals surface area contributed by atoms with Gasteiger partial charge in [-0.3, -0.25) is 0 Å². The number of rotatable bonds is 3. The molecular weight excluding hydrogens is 272 g/mol. The van der Waals surface area contributed by atoms with Crippen LogP contribution >= 0.6 is 11.6 Å². The molecule has 0 saturated carbocycles. The molecule has 0 aromatic carbocycles. The van der Waals surface area contributed by atoms with Gasteiger partial charge in [0.25, 0.3) is 0 Å². The number of nitrogens with zero attached hydrogens (tertiary/aromatic N) is 4. The van der Waals surface area contributed by atoms with E-state index < -0.39 is 0 Å². The van der Waals surface area contributed by atoms with Crippen molar-refractivity contribution < 1.29 is 0 Å². The first kappa shape index (κ1) is 13.8. The maximum atomic E-state index is 6.31. The van der Waals surface area contributed by atoms with Crippen molar-refractivity contribution in [1.29, 1.82) is 0 Å². The lowest BCUT2D eigenvalue weighted by Gasteiger charge is -2.33. The number of likely N-dealkylation sites (N-methyl/N-ethyl adjacent to an activating group) is 1. The molecule has 4 nitrogen and oxygen atoms in total. The standard InChI is InChI=1S/C15H21ClN4/c1-11(16)14-18-13-7-5-8-17-15(13)20(14)10-12-6-3-4-9-19(12)2/h5,7-8,11-12H,3-4,6,9-10H2,1-2H3. The van der Waals surface area contributed by atoms with Crippen LogP contribution in [0.25, 0.3) is 11.2 Å². The third-order valence-electron chi connectivity index (χ3n) is 4.20. The number of hydrogen-bond donors (Lipinski definition) is 0. The van der Waals surface area contributed by atoms with Crippen LogP contribution in [0, 0.1) is 0 Å². The molecule has 2 atom stereocenters. The number of pyridine rings is 1. The zero-order valence-corrected chi connectivity index (χ0v) is 12.8. The van der Waals surface area contributed by atoms with Crippen molar-refractivity contribution in [2.75, 3.05) is 13.6 Å². The number of halogens is 1. The number of imidazole rings is 1. The molecule has 0 amide bonds. The summed E-state index contributed by atoms with van der Waals surface area (Å²) >= 11 is 6.31. The largest absolute Gasteiger partial charge is 0.310 e. The zero-order valence-electron chi connectivity index (χ0n) is 12.1. The predicted octanol–water partition coefficient (Wildman–Crippen LogP) is 3.22. The lowest BCUT2D eigenvalue weighted by molar-refractivity contribution is 0.167. The molecule has 1 aliphatic rings. The van der Waals surface area contributed by atoms with Gasteiger partial charge in [-0.05, 0) is 45.5 Å². The Hall–Kier alpha value is -1.13. The van der Waals surface area contributed by atoms with E-state index in [9.17, 15) is 0 Å². The fourth-order valence-electron chi connectivity index (χ4n) is 3.05. The van der Waals surface area contributed by atoms with Gasteiger partial charge in [-0.15, -0.1) is 11.6 Å². The highest BCUT2D eigenvalue weighted by molar-refractivity contribution is 6.20. The van der Waals surface area contributed by atoms with Crippen molar-refractivity contribution in [2.45, 2.75) is 44.1 Å². The monoisotopic (exact) mass is 292 g/mol. The predicted molar refractivity (Wildman–Crippen MR) is 82.1 cm³/mol. The lowest BCUT2D eigenvalue weighted by Crippen LogP contribution is -2.39. The first-order valence-corrected chi connectivity index (χ1v) is 7.76. The van der Waals surface area contributed by atoms with Crippen LogP contribution in [0.15, 0.2) is 18.3 Å². The molecule has 1 saturated heterocycles. The molecule has 3 heterocycles. The topological polar surface area (TPSA) is 34.0 Å². The molecule has 0 aliphatic carbocycles.